The van der Waals surface area contributed by atoms with Crippen LogP contribution in [0.15, 0.2) is 73.1 Å². The topological polar surface area (TPSA) is 60.6 Å². The van der Waals surface area contributed by atoms with Crippen molar-refractivity contribution in [3.05, 3.63) is 89.7 Å². The molecular formula is C24H28ClN3O2. The van der Waals surface area contributed by atoms with E-state index in [1.807, 2.05) is 30.5 Å². The molecule has 1 aliphatic heterocycles. The lowest BCUT2D eigenvalue weighted by Gasteiger charge is -2.18. The van der Waals surface area contributed by atoms with Crippen molar-refractivity contribution in [3.8, 4) is 11.5 Å². The fourth-order valence-corrected chi connectivity index (χ4v) is 3.93. The Morgan fingerprint density at radius 3 is 2.57 bits per heavy atom. The van der Waals surface area contributed by atoms with Crippen LogP contribution in [-0.2, 0) is 13.2 Å². The first-order valence-electron chi connectivity index (χ1n) is 9.94. The Labute approximate surface area is 184 Å². The number of benzene rings is 2. The number of nitrogens with zero attached hydrogens (tertiary/aromatic N) is 2. The molecule has 6 heteroatoms. The molecular weight excluding hydrogens is 398 g/mol. The second-order valence-electron chi connectivity index (χ2n) is 7.51. The Morgan fingerprint density at radius 2 is 1.83 bits per heavy atom. The van der Waals surface area contributed by atoms with E-state index in [-0.39, 0.29) is 18.4 Å². The lowest BCUT2D eigenvalue weighted by Crippen LogP contribution is -2.28. The Kier molecular flexibility index (Phi) is 7.69. The van der Waals surface area contributed by atoms with E-state index in [2.05, 4.69) is 46.3 Å². The van der Waals surface area contributed by atoms with Gasteiger partial charge in [0.15, 0.2) is 11.5 Å². The molecule has 158 valence electrons. The van der Waals surface area contributed by atoms with Crippen LogP contribution < -0.4 is 15.2 Å². The van der Waals surface area contributed by atoms with Gasteiger partial charge in [0.1, 0.15) is 6.61 Å². The average Bonchev–Trinajstić information content (AvgIpc) is 3.13. The molecule has 5 nitrogen and oxygen atoms in total. The third-order valence-electron chi connectivity index (χ3n) is 5.42. The van der Waals surface area contributed by atoms with Gasteiger partial charge in [0, 0.05) is 49.6 Å². The van der Waals surface area contributed by atoms with E-state index in [4.69, 9.17) is 15.2 Å². The first-order valence-corrected chi connectivity index (χ1v) is 9.94. The Hall–Kier alpha value is -2.60. The number of methoxy groups -OCH3 is 1. The largest absolute Gasteiger partial charge is 0.493 e. The number of hydrogen-bond acceptors (Lipinski definition) is 5. The second-order valence-corrected chi connectivity index (χ2v) is 7.51. The highest BCUT2D eigenvalue weighted by Gasteiger charge is 2.31. The summed E-state index contributed by atoms with van der Waals surface area (Å²) in [5, 5.41) is 0. The fraction of sp³-hybridized carbons (Fsp3) is 0.292. The zero-order chi connectivity index (χ0) is 20.1. The first kappa shape index (κ1) is 22.1. The fourth-order valence-electron chi connectivity index (χ4n) is 3.93. The standard InChI is InChI=1S/C24H27N3O2.ClH/c1-28-23-10-9-18(12-24(23)29-17-19-6-5-11-26-13-19)14-27-15-21(22(25)16-27)20-7-3-2-4-8-20;/h2-13,21-22H,14-17,25H2,1H3;1H/t21-,22+;/m0./s1. The number of rotatable bonds is 7. The zero-order valence-corrected chi connectivity index (χ0v) is 17.9. The Morgan fingerprint density at radius 1 is 1.00 bits per heavy atom. The molecule has 4 rings (SSSR count). The van der Waals surface area contributed by atoms with E-state index >= 15 is 0 Å². The van der Waals surface area contributed by atoms with Crippen molar-refractivity contribution in [2.45, 2.75) is 25.1 Å². The van der Waals surface area contributed by atoms with Gasteiger partial charge in [-0.3, -0.25) is 9.88 Å². The van der Waals surface area contributed by atoms with Gasteiger partial charge < -0.3 is 15.2 Å². The van der Waals surface area contributed by atoms with Crippen molar-refractivity contribution < 1.29 is 9.47 Å². The molecule has 0 saturated carbocycles. The Balaban J connectivity index is 0.00000256. The quantitative estimate of drug-likeness (QED) is 0.619. The van der Waals surface area contributed by atoms with E-state index in [0.717, 1.165) is 36.7 Å². The number of halogens is 1. The summed E-state index contributed by atoms with van der Waals surface area (Å²) in [5.74, 6) is 1.85. The van der Waals surface area contributed by atoms with E-state index in [1.54, 1.807) is 13.3 Å². The number of nitrogens with two attached hydrogens (primary N) is 1. The van der Waals surface area contributed by atoms with E-state index in [0.29, 0.717) is 12.5 Å². The van der Waals surface area contributed by atoms with Gasteiger partial charge >= 0.3 is 0 Å². The molecule has 2 aromatic carbocycles. The van der Waals surface area contributed by atoms with Gasteiger partial charge in [-0.2, -0.15) is 0 Å². The molecule has 0 unspecified atom stereocenters. The molecule has 0 aliphatic carbocycles. The maximum Gasteiger partial charge on any atom is 0.161 e. The highest BCUT2D eigenvalue weighted by atomic mass is 35.5. The lowest BCUT2D eigenvalue weighted by atomic mass is 9.95. The van der Waals surface area contributed by atoms with Crippen molar-refractivity contribution in [2.75, 3.05) is 20.2 Å². The molecule has 2 heterocycles. The van der Waals surface area contributed by atoms with Gasteiger partial charge in [0.25, 0.3) is 0 Å². The predicted octanol–water partition coefficient (Wildman–Crippen LogP) is 4.02. The summed E-state index contributed by atoms with van der Waals surface area (Å²) in [6, 6.07) is 20.7. The number of aromatic nitrogens is 1. The van der Waals surface area contributed by atoms with Crippen LogP contribution in [0.3, 0.4) is 0 Å². The minimum absolute atomic E-state index is 0. The maximum absolute atomic E-state index is 6.45. The molecule has 0 spiro atoms. The predicted molar refractivity (Wildman–Crippen MR) is 121 cm³/mol. The van der Waals surface area contributed by atoms with Crippen LogP contribution in [0.1, 0.15) is 22.6 Å². The van der Waals surface area contributed by atoms with Gasteiger partial charge in [-0.05, 0) is 29.3 Å². The van der Waals surface area contributed by atoms with Crippen molar-refractivity contribution in [2.24, 2.45) is 5.73 Å². The minimum Gasteiger partial charge on any atom is -0.493 e. The average molecular weight is 426 g/mol. The van der Waals surface area contributed by atoms with Crippen LogP contribution in [0, 0.1) is 0 Å². The molecule has 2 atom stereocenters. The first-order chi connectivity index (χ1) is 14.2. The van der Waals surface area contributed by atoms with Crippen molar-refractivity contribution in [1.29, 1.82) is 0 Å². The molecule has 1 fully saturated rings. The second kappa shape index (κ2) is 10.4. The van der Waals surface area contributed by atoms with Gasteiger partial charge in [0.2, 0.25) is 0 Å². The maximum atomic E-state index is 6.45. The molecule has 0 bridgehead atoms. The van der Waals surface area contributed by atoms with E-state index in [1.165, 1.54) is 11.1 Å². The van der Waals surface area contributed by atoms with Gasteiger partial charge in [-0.1, -0.05) is 42.5 Å². The normalized spacial score (nSPS) is 18.6. The molecule has 1 aromatic heterocycles. The highest BCUT2D eigenvalue weighted by molar-refractivity contribution is 5.85. The molecule has 0 radical (unpaired) electrons. The third kappa shape index (κ3) is 5.30. The van der Waals surface area contributed by atoms with Crippen molar-refractivity contribution in [1.82, 2.24) is 9.88 Å². The van der Waals surface area contributed by atoms with Crippen LogP contribution in [0.5, 0.6) is 11.5 Å². The smallest absolute Gasteiger partial charge is 0.161 e. The van der Waals surface area contributed by atoms with Crippen LogP contribution in [0.25, 0.3) is 0 Å². The van der Waals surface area contributed by atoms with Gasteiger partial charge in [-0.25, -0.2) is 0 Å². The summed E-state index contributed by atoms with van der Waals surface area (Å²) >= 11 is 0. The van der Waals surface area contributed by atoms with Crippen molar-refractivity contribution in [3.63, 3.8) is 0 Å². The summed E-state index contributed by atoms with van der Waals surface area (Å²) in [4.78, 5) is 6.55. The van der Waals surface area contributed by atoms with Crippen LogP contribution >= 0.6 is 12.4 Å². The molecule has 3 aromatic rings. The van der Waals surface area contributed by atoms with Crippen LogP contribution in [-0.4, -0.2) is 36.1 Å². The van der Waals surface area contributed by atoms with Crippen LogP contribution in [0.2, 0.25) is 0 Å². The molecule has 2 N–H and O–H groups in total. The summed E-state index contributed by atoms with van der Waals surface area (Å²) in [6.45, 7) is 3.14. The molecule has 1 saturated heterocycles. The summed E-state index contributed by atoms with van der Waals surface area (Å²) in [5.41, 5.74) is 9.98. The number of likely N-dealkylation sites (tertiary alicyclic amines) is 1. The van der Waals surface area contributed by atoms with E-state index < -0.39 is 0 Å². The van der Waals surface area contributed by atoms with E-state index in [9.17, 15) is 0 Å². The van der Waals surface area contributed by atoms with Gasteiger partial charge in [0.05, 0.1) is 7.11 Å². The van der Waals surface area contributed by atoms with Gasteiger partial charge in [-0.15, -0.1) is 12.4 Å². The Bertz CT molecular complexity index is 924. The monoisotopic (exact) mass is 425 g/mol. The number of pyridine rings is 1. The molecule has 30 heavy (non-hydrogen) atoms. The summed E-state index contributed by atoms with van der Waals surface area (Å²) in [6.07, 6.45) is 3.57. The molecule has 0 amide bonds. The SMILES string of the molecule is COc1ccc(CN2C[C@@H](N)[C@H](c3ccccc3)C2)cc1OCc1cccnc1.Cl. The van der Waals surface area contributed by atoms with Crippen LogP contribution in [0.4, 0.5) is 0 Å². The number of hydrogen-bond donors (Lipinski definition) is 1. The van der Waals surface area contributed by atoms with Crippen molar-refractivity contribution >= 4 is 12.4 Å². The summed E-state index contributed by atoms with van der Waals surface area (Å²) in [7, 11) is 1.66. The molecule has 1 aliphatic rings. The lowest BCUT2D eigenvalue weighted by molar-refractivity contribution is 0.281. The number of ether oxygens (including phenoxy) is 2. The minimum atomic E-state index is 0. The third-order valence-corrected chi connectivity index (χ3v) is 5.42. The summed E-state index contributed by atoms with van der Waals surface area (Å²) < 4.78 is 11.5. The highest BCUT2D eigenvalue weighted by Crippen LogP contribution is 2.31. The zero-order valence-electron chi connectivity index (χ0n) is 17.1.